The Morgan fingerprint density at radius 2 is 0.921 bits per heavy atom. The first-order valence-corrected chi connectivity index (χ1v) is 39.4. The van der Waals surface area contributed by atoms with Crippen LogP contribution in [-0.4, -0.2) is 100 Å². The second kappa shape index (κ2) is 37.1. The fourth-order valence-electron chi connectivity index (χ4n) is 14.8. The van der Waals surface area contributed by atoms with E-state index in [9.17, 15) is 14.4 Å². The number of carbonyl (C=O) groups excluding carboxylic acids is 3. The summed E-state index contributed by atoms with van der Waals surface area (Å²) >= 11 is 16.1. The molecule has 4 N–H and O–H groups in total. The van der Waals surface area contributed by atoms with Gasteiger partial charge in [0.15, 0.2) is 11.3 Å². The quantitative estimate of drug-likeness (QED) is 0.0364. The van der Waals surface area contributed by atoms with Crippen molar-refractivity contribution in [1.82, 2.24) is 81.8 Å². The highest BCUT2D eigenvalue weighted by Crippen LogP contribution is 2.48. The van der Waals surface area contributed by atoms with Crippen molar-refractivity contribution in [3.05, 3.63) is 277 Å². The smallest absolute Gasteiger partial charge is 0.263 e. The topological polar surface area (TPSA) is 256 Å². The summed E-state index contributed by atoms with van der Waals surface area (Å²) in [5, 5.41) is 2.94. The van der Waals surface area contributed by atoms with E-state index in [1.807, 2.05) is 134 Å². The predicted octanol–water partition coefficient (Wildman–Crippen LogP) is 19.1. The van der Waals surface area contributed by atoms with Gasteiger partial charge >= 0.3 is 0 Å². The van der Waals surface area contributed by atoms with Crippen LogP contribution in [0.3, 0.4) is 0 Å². The number of aliphatic imine (C=N–C) groups is 1. The average Bonchev–Trinajstić information content (AvgIpc) is 1.45. The minimum atomic E-state index is -0.379. The lowest BCUT2D eigenvalue weighted by atomic mass is 9.71. The minimum Gasteiger partial charge on any atom is -0.369 e. The van der Waals surface area contributed by atoms with E-state index in [4.69, 9.17) is 42.4 Å². The summed E-state index contributed by atoms with van der Waals surface area (Å²) in [5.41, 5.74) is 26.4. The molecule has 0 radical (unpaired) electrons. The van der Waals surface area contributed by atoms with Crippen molar-refractivity contribution in [2.75, 3.05) is 11.2 Å². The van der Waals surface area contributed by atoms with E-state index in [2.05, 4.69) is 201 Å². The molecule has 9 heterocycles. The van der Waals surface area contributed by atoms with Gasteiger partial charge in [-0.05, 0) is 167 Å². The van der Waals surface area contributed by atoms with Gasteiger partial charge in [0, 0.05) is 82.8 Å². The molecule has 0 fully saturated rings. The first kappa shape index (κ1) is 85.1. The van der Waals surface area contributed by atoms with Gasteiger partial charge in [0.25, 0.3) is 11.8 Å². The van der Waals surface area contributed by atoms with E-state index in [-0.39, 0.29) is 46.0 Å². The molecule has 114 heavy (non-hydrogen) atoms. The van der Waals surface area contributed by atoms with Crippen LogP contribution in [0.5, 0.6) is 0 Å². The molecular formula is C88H106N20O3S3. The van der Waals surface area contributed by atoms with Crippen LogP contribution in [0.25, 0.3) is 22.3 Å². The third-order valence-electron chi connectivity index (χ3n) is 21.5. The standard InChI is InChI=1S/C30H36N6OS.C29H36N8OS.C29H34N6OS/c1-20(10-11-23-22(3)25(12-13-30(23,4)5)36-15-14-31-18-36)8-7-9-21(2)16-26(37)34-24-17-32-28-27(24)33-19-35(6)29(28)38;1-19(10-11-22-21(3)23(12-13-29(22,4)5)36-15-14-31-17-36)8-7-9-20(2)16-24(38)34-37-18-32-25-26(37)33-28(30)35(6)27(25)39;1-20(10-11-23-22(3)24(12-13-29(23,4)5)34-15-14-30-17-34)8-7-9-21(2)16-25(36)35-19-31-26-27(35)32-18-33(6)28(26)37/h7-11,14-19,24-25H,12-13H2,1-6H3,(H,34,37);7-11,14-18,23H,12-13H2,1-6H3,(H2,30,33)(H,34,38);7-11,14-19,24H,12-13H2,1-6H3/b9-7+,11-10+,20-8+,21-16+;9-7+,11-10+,19-8+,20-16+;9-7+,11-10+,20-8+,21-16+. The molecule has 2 amide bonds. The summed E-state index contributed by atoms with van der Waals surface area (Å²) in [6.07, 6.45) is 67.6. The van der Waals surface area contributed by atoms with Crippen molar-refractivity contribution < 1.29 is 14.4 Å². The Kier molecular flexibility index (Phi) is 27.7. The van der Waals surface area contributed by atoms with Crippen molar-refractivity contribution in [3.63, 3.8) is 0 Å². The lowest BCUT2D eigenvalue weighted by Crippen LogP contribution is -2.27. The van der Waals surface area contributed by atoms with Gasteiger partial charge in [0.05, 0.1) is 55.5 Å². The fourth-order valence-corrected chi connectivity index (χ4v) is 15.4. The molecule has 594 valence electrons. The van der Waals surface area contributed by atoms with E-state index >= 15 is 0 Å². The molecular weight excluding hydrogens is 1480 g/mol. The Hall–Kier alpha value is -11.4. The van der Waals surface area contributed by atoms with E-state index in [0.717, 1.165) is 72.0 Å². The molecule has 8 aromatic heterocycles. The van der Waals surface area contributed by atoms with Gasteiger partial charge < -0.3 is 38.5 Å². The number of imidazole rings is 5. The summed E-state index contributed by atoms with van der Waals surface area (Å²) in [4.78, 5) is 76.5. The molecule has 4 atom stereocenters. The van der Waals surface area contributed by atoms with E-state index in [1.165, 1.54) is 61.4 Å². The first-order chi connectivity index (χ1) is 54.1. The molecule has 3 aliphatic carbocycles. The number of amides is 2. The zero-order valence-corrected chi connectivity index (χ0v) is 71.1. The largest absolute Gasteiger partial charge is 0.369 e. The molecule has 0 saturated carbocycles. The molecule has 12 rings (SSSR count). The third-order valence-corrected chi connectivity index (χ3v) is 22.9. The minimum absolute atomic E-state index is 0.118. The molecule has 0 bridgehead atoms. The number of nitrogens with two attached hydrogens (primary N) is 1. The molecule has 4 unspecified atom stereocenters. The maximum Gasteiger partial charge on any atom is 0.263 e. The Morgan fingerprint density at radius 1 is 0.500 bits per heavy atom. The van der Waals surface area contributed by atoms with Crippen molar-refractivity contribution in [1.29, 1.82) is 0 Å². The number of hydrogen-bond acceptors (Lipinski definition) is 16. The van der Waals surface area contributed by atoms with Crippen LogP contribution >= 0.6 is 36.7 Å². The molecule has 26 heteroatoms. The van der Waals surface area contributed by atoms with Gasteiger partial charge in [-0.3, -0.25) is 24.8 Å². The van der Waals surface area contributed by atoms with Gasteiger partial charge in [0.1, 0.15) is 49.3 Å². The average molecular weight is 1590 g/mol. The van der Waals surface area contributed by atoms with Gasteiger partial charge in [-0.1, -0.05) is 186 Å². The van der Waals surface area contributed by atoms with Crippen LogP contribution < -0.4 is 16.5 Å². The van der Waals surface area contributed by atoms with Crippen molar-refractivity contribution in [2.45, 2.75) is 167 Å². The number of anilines is 1. The molecule has 23 nitrogen and oxygen atoms in total. The second-order valence-corrected chi connectivity index (χ2v) is 32.8. The molecule has 0 saturated heterocycles. The normalized spacial score (nSPS) is 19.7. The van der Waals surface area contributed by atoms with E-state index in [0.29, 0.717) is 65.8 Å². The van der Waals surface area contributed by atoms with Gasteiger partial charge in [0.2, 0.25) is 11.9 Å². The first-order valence-electron chi connectivity index (χ1n) is 38.2. The van der Waals surface area contributed by atoms with Gasteiger partial charge in [-0.15, -0.1) is 0 Å². The zero-order chi connectivity index (χ0) is 82.5. The second-order valence-electron chi connectivity index (χ2n) is 31.7. The summed E-state index contributed by atoms with van der Waals surface area (Å²) in [7, 11) is 5.36. The number of nitrogens with one attached hydrogen (secondary N) is 2. The van der Waals surface area contributed by atoms with Gasteiger partial charge in [-0.25, -0.2) is 44.1 Å². The Labute approximate surface area is 683 Å². The molecule has 4 aliphatic rings. The number of hydrogen-bond donors (Lipinski definition) is 3. The molecule has 1 aliphatic heterocycles. The summed E-state index contributed by atoms with van der Waals surface area (Å²) in [6, 6.07) is 0.677. The molecule has 8 aromatic rings. The Bertz CT molecular complexity index is 5670. The number of nitrogens with zero attached hydrogens (tertiary/aromatic N) is 17. The van der Waals surface area contributed by atoms with Crippen LogP contribution in [0.15, 0.2) is 263 Å². The Balaban J connectivity index is 0.000000181. The molecule has 0 spiro atoms. The van der Waals surface area contributed by atoms with E-state index < -0.39 is 0 Å². The SMILES string of the molecule is CC1=C(/C=C/C(C)=C/C=C/C(C)=C/C(=O)NC2C=Nc3c2ncn(C)c3=S)C(C)(C)CCC1n1ccnc1.CC1=C(/C=C/C(C)=C/C=C/C(C)=C/C(=O)Nn2cnc3c(=S)n(C)c(N)nc32)C(C)(C)CCC1n1ccnc1.CC1=C(/C=C/C(C)=C/C=C/C(C)=C/C(=O)n2cnc3c(=S)n(C)cnc32)C(C)(C)CCC1n1ccnc1. The maximum absolute atomic E-state index is 12.8. The van der Waals surface area contributed by atoms with Gasteiger partial charge in [-0.2, -0.15) is 4.98 Å². The zero-order valence-electron chi connectivity index (χ0n) is 68.7. The number of aryl methyl sites for hydroxylation is 2. The maximum atomic E-state index is 12.8. The number of nitrogen functional groups attached to an aromatic ring is 1. The monoisotopic (exact) mass is 1590 g/mol. The number of fused-ring (bicyclic) bond motifs is 3. The third kappa shape index (κ3) is 20.7. The lowest BCUT2D eigenvalue weighted by Gasteiger charge is -2.38. The number of carbonyl (C=O) groups is 3. The fraction of sp³-hybridized carbons (Fsp3) is 0.352. The highest BCUT2D eigenvalue weighted by atomic mass is 32.1. The van der Waals surface area contributed by atoms with Crippen molar-refractivity contribution in [2.24, 2.45) is 42.4 Å². The summed E-state index contributed by atoms with van der Waals surface area (Å²) in [5.74, 6) is -0.486. The van der Waals surface area contributed by atoms with Crippen LogP contribution in [0.1, 0.15) is 177 Å². The van der Waals surface area contributed by atoms with Crippen LogP contribution in [0.2, 0.25) is 0 Å². The molecule has 0 aromatic carbocycles. The summed E-state index contributed by atoms with van der Waals surface area (Å²) in [6.45, 7) is 32.5. The number of aromatic nitrogens is 16. The predicted molar refractivity (Wildman–Crippen MR) is 465 cm³/mol. The number of rotatable bonds is 20. The van der Waals surface area contributed by atoms with Crippen LogP contribution in [-0.2, 0) is 30.7 Å². The van der Waals surface area contributed by atoms with Crippen molar-refractivity contribution >= 4 is 94.6 Å². The Morgan fingerprint density at radius 3 is 1.38 bits per heavy atom. The van der Waals surface area contributed by atoms with Crippen molar-refractivity contribution in [3.8, 4) is 0 Å². The van der Waals surface area contributed by atoms with E-state index in [1.54, 1.807) is 51.8 Å². The lowest BCUT2D eigenvalue weighted by molar-refractivity contribution is -0.117. The summed E-state index contributed by atoms with van der Waals surface area (Å²) < 4.78 is 16.1. The highest BCUT2D eigenvalue weighted by molar-refractivity contribution is 7.72. The van der Waals surface area contributed by atoms with Crippen LogP contribution in [0.4, 0.5) is 11.6 Å². The number of allylic oxidation sites excluding steroid dienone is 28. The van der Waals surface area contributed by atoms with Crippen LogP contribution in [0, 0.1) is 30.2 Å². The highest BCUT2D eigenvalue weighted by Gasteiger charge is 2.35.